The Kier molecular flexibility index (Phi) is 4.49. The van der Waals surface area contributed by atoms with Gasteiger partial charge in [-0.1, -0.05) is 107 Å². The summed E-state index contributed by atoms with van der Waals surface area (Å²) in [6, 6.07) is 33.9. The Morgan fingerprint density at radius 2 is 1.12 bits per heavy atom. The highest BCUT2D eigenvalue weighted by atomic mass is 79.9. The van der Waals surface area contributed by atoms with Crippen LogP contribution in [0.3, 0.4) is 0 Å². The van der Waals surface area contributed by atoms with E-state index in [1.807, 2.05) is 0 Å². The summed E-state index contributed by atoms with van der Waals surface area (Å²) in [5.41, 5.74) is 4.90. The summed E-state index contributed by atoms with van der Waals surface area (Å²) in [6.45, 7) is 0. The van der Waals surface area contributed by atoms with Crippen LogP contribution in [0.15, 0.2) is 102 Å². The third kappa shape index (κ3) is 3.29. The minimum atomic E-state index is 1.13. The zero-order valence-electron chi connectivity index (χ0n) is 13.7. The van der Waals surface area contributed by atoms with Crippen molar-refractivity contribution < 1.29 is 0 Å². The number of hydrogen-bond acceptors (Lipinski definition) is 0. The molecule has 0 radical (unpaired) electrons. The Labute approximate surface area is 156 Å². The van der Waals surface area contributed by atoms with E-state index in [0.29, 0.717) is 0 Å². The third-order valence-corrected chi connectivity index (χ3v) is 5.06. The molecular weight excluding hydrogens is 368 g/mol. The zero-order valence-corrected chi connectivity index (χ0v) is 15.3. The molecule has 0 aliphatic heterocycles. The lowest BCUT2D eigenvalue weighted by atomic mass is 9.94. The van der Waals surface area contributed by atoms with Gasteiger partial charge in [0.1, 0.15) is 0 Å². The number of rotatable bonds is 3. The normalized spacial score (nSPS) is 10.6. The first-order valence-corrected chi connectivity index (χ1v) is 9.12. The van der Waals surface area contributed by atoms with E-state index in [-0.39, 0.29) is 0 Å². The fraction of sp³-hybridized carbons (Fsp3) is 0. The summed E-state index contributed by atoms with van der Waals surface area (Å²) in [5.74, 6) is 0. The fourth-order valence-electron chi connectivity index (χ4n) is 3.15. The van der Waals surface area contributed by atoms with Gasteiger partial charge in [0.25, 0.3) is 0 Å². The smallest absolute Gasteiger partial charge is 0.0253 e. The van der Waals surface area contributed by atoms with Crippen LogP contribution in [-0.2, 0) is 0 Å². The van der Waals surface area contributed by atoms with E-state index < -0.39 is 0 Å². The molecule has 25 heavy (non-hydrogen) atoms. The minimum Gasteiger partial charge on any atom is -0.0622 e. The monoisotopic (exact) mass is 384 g/mol. The molecule has 0 bridgehead atoms. The van der Waals surface area contributed by atoms with Gasteiger partial charge in [0.05, 0.1) is 0 Å². The Hall–Kier alpha value is -2.64. The first-order chi connectivity index (χ1) is 12.3. The van der Waals surface area contributed by atoms with Gasteiger partial charge in [-0.3, -0.25) is 0 Å². The topological polar surface area (TPSA) is 0 Å². The Bertz CT molecular complexity index is 990. The van der Waals surface area contributed by atoms with Crippen molar-refractivity contribution in [3.63, 3.8) is 0 Å². The van der Waals surface area contributed by atoms with Crippen LogP contribution in [0.25, 0.3) is 22.4 Å². The summed E-state index contributed by atoms with van der Waals surface area (Å²) in [5, 5.41) is 2.48. The van der Waals surface area contributed by atoms with Gasteiger partial charge >= 0.3 is 0 Å². The quantitative estimate of drug-likeness (QED) is 0.327. The number of hydrogen-bond donors (Lipinski definition) is 0. The van der Waals surface area contributed by atoms with Crippen LogP contribution in [0.2, 0.25) is 0 Å². The van der Waals surface area contributed by atoms with Crippen molar-refractivity contribution in [2.75, 3.05) is 0 Å². The highest BCUT2D eigenvalue weighted by Crippen LogP contribution is 2.31. The first-order valence-electron chi connectivity index (χ1n) is 8.33. The van der Waals surface area contributed by atoms with Crippen LogP contribution in [-0.4, -0.2) is 0 Å². The predicted molar refractivity (Wildman–Crippen MR) is 112 cm³/mol. The lowest BCUT2D eigenvalue weighted by Crippen LogP contribution is -1.88. The molecule has 4 aromatic rings. The Morgan fingerprint density at radius 3 is 1.76 bits per heavy atom. The van der Waals surface area contributed by atoms with Crippen LogP contribution in [0.1, 0.15) is 16.7 Å². The molecule has 4 aromatic carbocycles. The van der Waals surface area contributed by atoms with Crippen molar-refractivity contribution >= 4 is 38.4 Å². The van der Waals surface area contributed by atoms with Crippen molar-refractivity contribution in [3.8, 4) is 0 Å². The second kappa shape index (κ2) is 7.08. The molecule has 1 heteroatoms. The molecule has 0 heterocycles. The van der Waals surface area contributed by atoms with Crippen LogP contribution >= 0.6 is 15.9 Å². The van der Waals surface area contributed by atoms with Gasteiger partial charge in [-0.05, 0) is 45.2 Å². The van der Waals surface area contributed by atoms with Gasteiger partial charge in [-0.2, -0.15) is 0 Å². The summed E-state index contributed by atoms with van der Waals surface area (Å²) in [4.78, 5) is 0. The van der Waals surface area contributed by atoms with E-state index >= 15 is 0 Å². The maximum atomic E-state index is 3.67. The second-order valence-corrected chi connectivity index (χ2v) is 6.83. The minimum absolute atomic E-state index is 1.13. The van der Waals surface area contributed by atoms with E-state index in [1.54, 1.807) is 0 Å². The summed E-state index contributed by atoms with van der Waals surface area (Å²) in [7, 11) is 0. The summed E-state index contributed by atoms with van der Waals surface area (Å²) in [6.07, 6.45) is 2.29. The molecule has 0 amide bonds. The van der Waals surface area contributed by atoms with Crippen LogP contribution in [0, 0.1) is 0 Å². The van der Waals surface area contributed by atoms with E-state index in [1.165, 1.54) is 33.0 Å². The van der Waals surface area contributed by atoms with E-state index in [9.17, 15) is 0 Å². The molecule has 0 spiro atoms. The lowest BCUT2D eigenvalue weighted by molar-refractivity contribution is 1.55. The van der Waals surface area contributed by atoms with Gasteiger partial charge in [0.15, 0.2) is 0 Å². The molecule has 120 valence electrons. The van der Waals surface area contributed by atoms with E-state index in [2.05, 4.69) is 119 Å². The highest BCUT2D eigenvalue weighted by Gasteiger charge is 2.07. The van der Waals surface area contributed by atoms with Gasteiger partial charge in [0, 0.05) is 4.47 Å². The highest BCUT2D eigenvalue weighted by molar-refractivity contribution is 9.10. The molecule has 0 unspecified atom stereocenters. The summed E-state index contributed by atoms with van der Waals surface area (Å²) >= 11 is 3.67. The molecule has 0 aromatic heterocycles. The number of halogens is 1. The molecule has 0 atom stereocenters. The average Bonchev–Trinajstić information content (AvgIpc) is 2.68. The number of benzene rings is 4. The maximum Gasteiger partial charge on any atom is 0.0253 e. The van der Waals surface area contributed by atoms with Crippen LogP contribution in [0.5, 0.6) is 0 Å². The van der Waals surface area contributed by atoms with Crippen molar-refractivity contribution in [3.05, 3.63) is 118 Å². The molecule has 0 saturated carbocycles. The predicted octanol–water partition coefficient (Wildman–Crippen LogP) is 7.19. The molecule has 4 rings (SSSR count). The van der Waals surface area contributed by atoms with Crippen molar-refractivity contribution in [1.82, 2.24) is 0 Å². The molecule has 0 N–H and O–H groups in total. The average molecular weight is 385 g/mol. The van der Waals surface area contributed by atoms with E-state index in [0.717, 1.165) is 4.47 Å². The van der Waals surface area contributed by atoms with Crippen molar-refractivity contribution in [1.29, 1.82) is 0 Å². The van der Waals surface area contributed by atoms with Crippen LogP contribution in [0.4, 0.5) is 0 Å². The van der Waals surface area contributed by atoms with Crippen LogP contribution < -0.4 is 0 Å². The van der Waals surface area contributed by atoms with Gasteiger partial charge in [-0.25, -0.2) is 0 Å². The molecule has 0 saturated heterocycles. The van der Waals surface area contributed by atoms with Crippen molar-refractivity contribution in [2.45, 2.75) is 0 Å². The SMILES string of the molecule is Brc1cccc2c(C=C(c3ccccc3)c3ccccc3)cccc12. The van der Waals surface area contributed by atoms with Gasteiger partial charge in [-0.15, -0.1) is 0 Å². The van der Waals surface area contributed by atoms with Crippen molar-refractivity contribution in [2.24, 2.45) is 0 Å². The second-order valence-electron chi connectivity index (χ2n) is 5.97. The largest absolute Gasteiger partial charge is 0.0622 e. The molecule has 0 aliphatic carbocycles. The Balaban J connectivity index is 1.96. The standard InChI is InChI=1S/C24H17Br/c25-24-16-8-14-21-20(13-7-15-22(21)24)17-23(18-9-3-1-4-10-18)19-11-5-2-6-12-19/h1-17H. The molecule has 0 nitrogen and oxygen atoms in total. The number of fused-ring (bicyclic) bond motifs is 1. The Morgan fingerprint density at radius 1 is 0.560 bits per heavy atom. The summed E-state index contributed by atoms with van der Waals surface area (Å²) < 4.78 is 1.13. The zero-order chi connectivity index (χ0) is 17.1. The third-order valence-electron chi connectivity index (χ3n) is 4.37. The first kappa shape index (κ1) is 15.9. The van der Waals surface area contributed by atoms with Gasteiger partial charge in [0.2, 0.25) is 0 Å². The molecular formula is C24H17Br. The fourth-order valence-corrected chi connectivity index (χ4v) is 3.64. The molecule has 0 aliphatic rings. The van der Waals surface area contributed by atoms with Gasteiger partial charge < -0.3 is 0 Å². The maximum absolute atomic E-state index is 3.67. The molecule has 0 fully saturated rings. The lowest BCUT2D eigenvalue weighted by Gasteiger charge is -2.11. The van der Waals surface area contributed by atoms with E-state index in [4.69, 9.17) is 0 Å².